The van der Waals surface area contributed by atoms with Crippen LogP contribution in [0, 0.1) is 6.92 Å². The first-order valence-corrected chi connectivity index (χ1v) is 5.52. The molecule has 0 aliphatic carbocycles. The molecule has 0 saturated heterocycles. The summed E-state index contributed by atoms with van der Waals surface area (Å²) in [6.45, 7) is 10.8. The minimum absolute atomic E-state index is 0.645. The molecule has 4 nitrogen and oxygen atoms in total. The molecule has 0 bridgehead atoms. The zero-order valence-electron chi connectivity index (χ0n) is 10.4. The summed E-state index contributed by atoms with van der Waals surface area (Å²) in [6, 6.07) is 2.09. The maximum Gasteiger partial charge on any atom is 0.0672 e. The Morgan fingerprint density at radius 2 is 2.38 bits per heavy atom. The Morgan fingerprint density at radius 1 is 1.62 bits per heavy atom. The number of nitrogens with one attached hydrogen (secondary N) is 1. The lowest BCUT2D eigenvalue weighted by Gasteiger charge is -2.06. The van der Waals surface area contributed by atoms with Crippen molar-refractivity contribution in [3.05, 3.63) is 29.6 Å². The van der Waals surface area contributed by atoms with Gasteiger partial charge in [0.15, 0.2) is 0 Å². The van der Waals surface area contributed by atoms with Gasteiger partial charge in [0, 0.05) is 20.1 Å². The number of nitrogens with zero attached hydrogens (tertiary/aromatic N) is 2. The van der Waals surface area contributed by atoms with Crippen LogP contribution >= 0.6 is 0 Å². The topological polar surface area (TPSA) is 39.1 Å². The van der Waals surface area contributed by atoms with Gasteiger partial charge in [0.25, 0.3) is 0 Å². The van der Waals surface area contributed by atoms with E-state index < -0.39 is 0 Å². The molecule has 1 heterocycles. The molecule has 0 saturated carbocycles. The lowest BCUT2D eigenvalue weighted by atomic mass is 10.3. The van der Waals surface area contributed by atoms with E-state index in [9.17, 15) is 0 Å². The van der Waals surface area contributed by atoms with Crippen molar-refractivity contribution < 1.29 is 4.74 Å². The molecule has 16 heavy (non-hydrogen) atoms. The molecule has 0 spiro atoms. The predicted molar refractivity (Wildman–Crippen MR) is 65.3 cm³/mol. The van der Waals surface area contributed by atoms with Crippen LogP contribution in [0.3, 0.4) is 0 Å². The van der Waals surface area contributed by atoms with E-state index in [1.165, 1.54) is 5.69 Å². The molecule has 90 valence electrons. The summed E-state index contributed by atoms with van der Waals surface area (Å²) in [7, 11) is 1.96. The molecule has 0 fully saturated rings. The highest BCUT2D eigenvalue weighted by atomic mass is 16.5. The van der Waals surface area contributed by atoms with Gasteiger partial charge < -0.3 is 10.1 Å². The fourth-order valence-electron chi connectivity index (χ4n) is 1.44. The van der Waals surface area contributed by atoms with Gasteiger partial charge in [0.1, 0.15) is 0 Å². The van der Waals surface area contributed by atoms with Crippen molar-refractivity contribution in [2.75, 3.05) is 19.8 Å². The van der Waals surface area contributed by atoms with Gasteiger partial charge in [-0.1, -0.05) is 12.2 Å². The van der Waals surface area contributed by atoms with Crippen LogP contribution in [-0.2, 0) is 18.3 Å². The summed E-state index contributed by atoms with van der Waals surface area (Å²) in [5, 5.41) is 7.60. The van der Waals surface area contributed by atoms with Gasteiger partial charge in [-0.3, -0.25) is 4.68 Å². The Balaban J connectivity index is 2.11. The van der Waals surface area contributed by atoms with Crippen LogP contribution in [0.4, 0.5) is 0 Å². The fourth-order valence-corrected chi connectivity index (χ4v) is 1.44. The summed E-state index contributed by atoms with van der Waals surface area (Å²) in [5.74, 6) is 0. The van der Waals surface area contributed by atoms with E-state index in [1.54, 1.807) is 0 Å². The van der Waals surface area contributed by atoms with Crippen molar-refractivity contribution >= 4 is 0 Å². The smallest absolute Gasteiger partial charge is 0.0672 e. The van der Waals surface area contributed by atoms with Crippen LogP contribution in [0.25, 0.3) is 0 Å². The highest BCUT2D eigenvalue weighted by molar-refractivity contribution is 5.08. The number of aromatic nitrogens is 2. The van der Waals surface area contributed by atoms with E-state index in [0.29, 0.717) is 13.2 Å². The van der Waals surface area contributed by atoms with E-state index >= 15 is 0 Å². The first kappa shape index (κ1) is 12.9. The SMILES string of the molecule is C=C(C)COCCNCc1cc(C)nn1C. The molecule has 0 atom stereocenters. The molecular formula is C12H21N3O. The lowest BCUT2D eigenvalue weighted by Crippen LogP contribution is -2.21. The molecule has 4 heteroatoms. The van der Waals surface area contributed by atoms with Crippen LogP contribution in [0.15, 0.2) is 18.2 Å². The maximum absolute atomic E-state index is 5.38. The van der Waals surface area contributed by atoms with Crippen molar-refractivity contribution in [2.24, 2.45) is 7.05 Å². The summed E-state index contributed by atoms with van der Waals surface area (Å²) in [5.41, 5.74) is 3.30. The zero-order valence-corrected chi connectivity index (χ0v) is 10.4. The van der Waals surface area contributed by atoms with Crippen LogP contribution in [0.2, 0.25) is 0 Å². The molecule has 0 aliphatic heterocycles. The van der Waals surface area contributed by atoms with Gasteiger partial charge in [0.05, 0.1) is 24.6 Å². The van der Waals surface area contributed by atoms with E-state index in [-0.39, 0.29) is 0 Å². The van der Waals surface area contributed by atoms with E-state index in [1.807, 2.05) is 25.6 Å². The standard InChI is InChI=1S/C12H21N3O/c1-10(2)9-16-6-5-13-8-12-7-11(3)14-15(12)4/h7,13H,1,5-6,8-9H2,2-4H3. The van der Waals surface area contributed by atoms with Gasteiger partial charge in [-0.05, 0) is 19.9 Å². The van der Waals surface area contributed by atoms with Crippen molar-refractivity contribution in [2.45, 2.75) is 20.4 Å². The summed E-state index contributed by atoms with van der Waals surface area (Å²) >= 11 is 0. The van der Waals surface area contributed by atoms with Crippen molar-refractivity contribution in [3.8, 4) is 0 Å². The van der Waals surface area contributed by atoms with Crippen molar-refractivity contribution in [3.63, 3.8) is 0 Å². The van der Waals surface area contributed by atoms with Gasteiger partial charge in [-0.25, -0.2) is 0 Å². The third-order valence-corrected chi connectivity index (χ3v) is 2.18. The minimum atomic E-state index is 0.645. The fraction of sp³-hybridized carbons (Fsp3) is 0.583. The molecular weight excluding hydrogens is 202 g/mol. The second-order valence-corrected chi connectivity index (χ2v) is 4.09. The lowest BCUT2D eigenvalue weighted by molar-refractivity contribution is 0.157. The number of aryl methyl sites for hydroxylation is 2. The Labute approximate surface area is 97.3 Å². The second kappa shape index (κ2) is 6.45. The quantitative estimate of drug-likeness (QED) is 0.561. The Kier molecular flexibility index (Phi) is 5.22. The van der Waals surface area contributed by atoms with Crippen LogP contribution in [0.1, 0.15) is 18.3 Å². The largest absolute Gasteiger partial charge is 0.376 e. The predicted octanol–water partition coefficient (Wildman–Crippen LogP) is 1.41. The van der Waals surface area contributed by atoms with Gasteiger partial charge in [-0.15, -0.1) is 0 Å². The average molecular weight is 223 g/mol. The van der Waals surface area contributed by atoms with Gasteiger partial charge >= 0.3 is 0 Å². The van der Waals surface area contributed by atoms with E-state index in [2.05, 4.69) is 23.1 Å². The number of hydrogen-bond acceptors (Lipinski definition) is 3. The molecule has 0 radical (unpaired) electrons. The number of rotatable bonds is 7. The summed E-state index contributed by atoms with van der Waals surface area (Å²) in [6.07, 6.45) is 0. The first-order chi connectivity index (χ1) is 7.59. The Hall–Kier alpha value is -1.13. The Bertz CT molecular complexity index is 344. The van der Waals surface area contributed by atoms with Crippen molar-refractivity contribution in [1.82, 2.24) is 15.1 Å². The van der Waals surface area contributed by atoms with Crippen LogP contribution < -0.4 is 5.32 Å². The Morgan fingerprint density at radius 3 is 2.94 bits per heavy atom. The highest BCUT2D eigenvalue weighted by Crippen LogP contribution is 2.00. The second-order valence-electron chi connectivity index (χ2n) is 4.09. The third kappa shape index (κ3) is 4.59. The zero-order chi connectivity index (χ0) is 12.0. The number of ether oxygens (including phenoxy) is 1. The molecule has 1 N–H and O–H groups in total. The molecule has 0 aliphatic rings. The van der Waals surface area contributed by atoms with Crippen LogP contribution in [0.5, 0.6) is 0 Å². The summed E-state index contributed by atoms with van der Waals surface area (Å²) in [4.78, 5) is 0. The normalized spacial score (nSPS) is 10.7. The molecule has 1 aromatic heterocycles. The van der Waals surface area contributed by atoms with E-state index in [4.69, 9.17) is 4.74 Å². The molecule has 1 aromatic rings. The van der Waals surface area contributed by atoms with Crippen molar-refractivity contribution in [1.29, 1.82) is 0 Å². The molecule has 0 aromatic carbocycles. The van der Waals surface area contributed by atoms with Gasteiger partial charge in [-0.2, -0.15) is 5.10 Å². The molecule has 0 amide bonds. The monoisotopic (exact) mass is 223 g/mol. The summed E-state index contributed by atoms with van der Waals surface area (Å²) < 4.78 is 7.28. The maximum atomic E-state index is 5.38. The first-order valence-electron chi connectivity index (χ1n) is 5.52. The highest BCUT2D eigenvalue weighted by Gasteiger charge is 2.00. The molecule has 0 unspecified atom stereocenters. The van der Waals surface area contributed by atoms with E-state index in [0.717, 1.165) is 24.4 Å². The molecule has 1 rings (SSSR count). The minimum Gasteiger partial charge on any atom is -0.376 e. The third-order valence-electron chi connectivity index (χ3n) is 2.18. The number of hydrogen-bond donors (Lipinski definition) is 1. The van der Waals surface area contributed by atoms with Crippen LogP contribution in [-0.4, -0.2) is 29.5 Å². The average Bonchev–Trinajstić information content (AvgIpc) is 2.50. The van der Waals surface area contributed by atoms with Gasteiger partial charge in [0.2, 0.25) is 0 Å².